The summed E-state index contributed by atoms with van der Waals surface area (Å²) in [7, 11) is 0. The fraction of sp³-hybridized carbons (Fsp3) is 0.692. The zero-order valence-corrected chi connectivity index (χ0v) is 9.96. The van der Waals surface area contributed by atoms with E-state index in [-0.39, 0.29) is 0 Å². The first-order chi connectivity index (χ1) is 7.76. The molecule has 0 saturated heterocycles. The number of aliphatic hydroxyl groups excluding tert-OH is 1. The lowest BCUT2D eigenvalue weighted by Crippen LogP contribution is -2.40. The molecular formula is C13H21NO2. The molecule has 90 valence electrons. The van der Waals surface area contributed by atoms with Crippen LogP contribution in [-0.2, 0) is 6.54 Å². The summed E-state index contributed by atoms with van der Waals surface area (Å²) in [5.41, 5.74) is 1.56. The molecule has 0 aliphatic heterocycles. The second-order valence-electron chi connectivity index (χ2n) is 4.96. The lowest BCUT2D eigenvalue weighted by molar-refractivity contribution is 0.0853. The standard InChI is InChI=1S/C13H21NO2/c1-11-3-8-16-12(11)9-14-10-13(6-7-15)4-2-5-13/h3,8,14-15H,2,4-7,9-10H2,1H3. The Morgan fingerprint density at radius 1 is 1.50 bits per heavy atom. The van der Waals surface area contributed by atoms with Crippen molar-refractivity contribution in [1.29, 1.82) is 0 Å². The van der Waals surface area contributed by atoms with Crippen LogP contribution in [0.1, 0.15) is 37.0 Å². The maximum atomic E-state index is 9.05. The highest BCUT2D eigenvalue weighted by atomic mass is 16.3. The minimum Gasteiger partial charge on any atom is -0.468 e. The van der Waals surface area contributed by atoms with Crippen LogP contribution in [0.4, 0.5) is 0 Å². The van der Waals surface area contributed by atoms with Crippen molar-refractivity contribution in [2.24, 2.45) is 5.41 Å². The molecule has 1 fully saturated rings. The van der Waals surface area contributed by atoms with Gasteiger partial charge in [-0.3, -0.25) is 0 Å². The third kappa shape index (κ3) is 2.47. The summed E-state index contributed by atoms with van der Waals surface area (Å²) in [4.78, 5) is 0. The molecular weight excluding hydrogens is 202 g/mol. The van der Waals surface area contributed by atoms with Crippen LogP contribution in [0.3, 0.4) is 0 Å². The number of furan rings is 1. The van der Waals surface area contributed by atoms with Gasteiger partial charge in [0, 0.05) is 13.2 Å². The van der Waals surface area contributed by atoms with Gasteiger partial charge < -0.3 is 14.8 Å². The van der Waals surface area contributed by atoms with Gasteiger partial charge in [0.1, 0.15) is 5.76 Å². The van der Waals surface area contributed by atoms with Gasteiger partial charge in [0.15, 0.2) is 0 Å². The van der Waals surface area contributed by atoms with Gasteiger partial charge >= 0.3 is 0 Å². The van der Waals surface area contributed by atoms with E-state index in [0.717, 1.165) is 25.3 Å². The highest BCUT2D eigenvalue weighted by molar-refractivity contribution is 5.14. The Balaban J connectivity index is 1.77. The Labute approximate surface area is 96.8 Å². The van der Waals surface area contributed by atoms with Crippen molar-refractivity contribution in [1.82, 2.24) is 5.32 Å². The molecule has 0 aromatic carbocycles. The van der Waals surface area contributed by atoms with Gasteiger partial charge in [0.05, 0.1) is 12.8 Å². The summed E-state index contributed by atoms with van der Waals surface area (Å²) in [6, 6.07) is 1.99. The molecule has 1 heterocycles. The van der Waals surface area contributed by atoms with E-state index < -0.39 is 0 Å². The van der Waals surface area contributed by atoms with Gasteiger partial charge in [-0.15, -0.1) is 0 Å². The maximum Gasteiger partial charge on any atom is 0.120 e. The molecule has 1 saturated carbocycles. The Hall–Kier alpha value is -0.800. The predicted octanol–water partition coefficient (Wildman–Crippen LogP) is 2.23. The maximum absolute atomic E-state index is 9.05. The number of hydrogen-bond acceptors (Lipinski definition) is 3. The Morgan fingerprint density at radius 3 is 2.81 bits per heavy atom. The van der Waals surface area contributed by atoms with E-state index in [0.29, 0.717) is 12.0 Å². The monoisotopic (exact) mass is 223 g/mol. The third-order valence-corrected chi connectivity index (χ3v) is 3.81. The van der Waals surface area contributed by atoms with Crippen LogP contribution >= 0.6 is 0 Å². The van der Waals surface area contributed by atoms with Crippen LogP contribution in [0, 0.1) is 12.3 Å². The normalized spacial score (nSPS) is 18.4. The number of hydrogen-bond donors (Lipinski definition) is 2. The summed E-state index contributed by atoms with van der Waals surface area (Å²) >= 11 is 0. The van der Waals surface area contributed by atoms with Crippen molar-refractivity contribution >= 4 is 0 Å². The van der Waals surface area contributed by atoms with E-state index in [4.69, 9.17) is 9.52 Å². The summed E-state index contributed by atoms with van der Waals surface area (Å²) in [6.45, 7) is 4.16. The topological polar surface area (TPSA) is 45.4 Å². The highest BCUT2D eigenvalue weighted by Gasteiger charge is 2.35. The number of aryl methyl sites for hydroxylation is 1. The SMILES string of the molecule is Cc1ccoc1CNCC1(CCO)CCC1. The highest BCUT2D eigenvalue weighted by Crippen LogP contribution is 2.43. The first-order valence-electron chi connectivity index (χ1n) is 6.10. The average Bonchev–Trinajstić information content (AvgIpc) is 2.61. The second-order valence-corrected chi connectivity index (χ2v) is 4.96. The molecule has 0 spiro atoms. The predicted molar refractivity (Wildman–Crippen MR) is 63.1 cm³/mol. The van der Waals surface area contributed by atoms with Crippen LogP contribution in [-0.4, -0.2) is 18.3 Å². The van der Waals surface area contributed by atoms with E-state index in [2.05, 4.69) is 12.2 Å². The van der Waals surface area contributed by atoms with E-state index >= 15 is 0 Å². The molecule has 0 amide bonds. The molecule has 3 heteroatoms. The third-order valence-electron chi connectivity index (χ3n) is 3.81. The van der Waals surface area contributed by atoms with Crippen molar-refractivity contribution in [3.8, 4) is 0 Å². The fourth-order valence-corrected chi connectivity index (χ4v) is 2.46. The summed E-state index contributed by atoms with van der Waals surface area (Å²) < 4.78 is 5.38. The molecule has 0 bridgehead atoms. The van der Waals surface area contributed by atoms with E-state index in [1.54, 1.807) is 6.26 Å². The van der Waals surface area contributed by atoms with Gasteiger partial charge in [-0.25, -0.2) is 0 Å². The van der Waals surface area contributed by atoms with Crippen LogP contribution in [0.25, 0.3) is 0 Å². The Morgan fingerprint density at radius 2 is 2.31 bits per heavy atom. The molecule has 0 unspecified atom stereocenters. The lowest BCUT2D eigenvalue weighted by Gasteiger charge is -2.42. The van der Waals surface area contributed by atoms with Crippen molar-refractivity contribution in [3.63, 3.8) is 0 Å². The van der Waals surface area contributed by atoms with Crippen molar-refractivity contribution in [3.05, 3.63) is 23.7 Å². The van der Waals surface area contributed by atoms with Crippen LogP contribution in [0.5, 0.6) is 0 Å². The van der Waals surface area contributed by atoms with Gasteiger partial charge in [0.25, 0.3) is 0 Å². The van der Waals surface area contributed by atoms with E-state index in [1.165, 1.54) is 24.8 Å². The Bertz CT molecular complexity index is 328. The minimum atomic E-state index is 0.307. The van der Waals surface area contributed by atoms with Gasteiger partial charge in [-0.1, -0.05) is 6.42 Å². The van der Waals surface area contributed by atoms with Gasteiger partial charge in [0.2, 0.25) is 0 Å². The molecule has 0 atom stereocenters. The minimum absolute atomic E-state index is 0.307. The zero-order valence-electron chi connectivity index (χ0n) is 9.96. The van der Waals surface area contributed by atoms with Gasteiger partial charge in [-0.2, -0.15) is 0 Å². The van der Waals surface area contributed by atoms with Crippen molar-refractivity contribution in [2.45, 2.75) is 39.2 Å². The molecule has 1 aliphatic carbocycles. The Kier molecular flexibility index (Phi) is 3.66. The van der Waals surface area contributed by atoms with Gasteiger partial charge in [-0.05, 0) is 43.2 Å². The lowest BCUT2D eigenvalue weighted by atomic mass is 9.67. The molecule has 0 radical (unpaired) electrons. The molecule has 3 nitrogen and oxygen atoms in total. The number of rotatable bonds is 6. The van der Waals surface area contributed by atoms with Crippen molar-refractivity contribution in [2.75, 3.05) is 13.2 Å². The summed E-state index contributed by atoms with van der Waals surface area (Å²) in [5, 5.41) is 12.5. The molecule has 16 heavy (non-hydrogen) atoms. The first-order valence-corrected chi connectivity index (χ1v) is 6.10. The molecule has 2 rings (SSSR count). The summed E-state index contributed by atoms with van der Waals surface area (Å²) in [5.74, 6) is 1.03. The van der Waals surface area contributed by atoms with E-state index in [1.807, 2.05) is 6.07 Å². The number of nitrogens with one attached hydrogen (secondary N) is 1. The molecule has 1 aliphatic rings. The quantitative estimate of drug-likeness (QED) is 0.777. The fourth-order valence-electron chi connectivity index (χ4n) is 2.46. The zero-order chi connectivity index (χ0) is 11.4. The molecule has 1 aromatic heterocycles. The molecule has 2 N–H and O–H groups in total. The smallest absolute Gasteiger partial charge is 0.120 e. The second kappa shape index (κ2) is 5.02. The van der Waals surface area contributed by atoms with Crippen molar-refractivity contribution < 1.29 is 9.52 Å². The van der Waals surface area contributed by atoms with Crippen LogP contribution in [0.15, 0.2) is 16.7 Å². The summed E-state index contributed by atoms with van der Waals surface area (Å²) in [6.07, 6.45) is 6.47. The largest absolute Gasteiger partial charge is 0.468 e. The van der Waals surface area contributed by atoms with Crippen LogP contribution < -0.4 is 5.32 Å². The number of aliphatic hydroxyl groups is 1. The average molecular weight is 223 g/mol. The first kappa shape index (κ1) is 11.7. The van der Waals surface area contributed by atoms with E-state index in [9.17, 15) is 0 Å². The van der Waals surface area contributed by atoms with Crippen LogP contribution in [0.2, 0.25) is 0 Å². The molecule has 1 aromatic rings.